The lowest BCUT2D eigenvalue weighted by molar-refractivity contribution is -0.123. The summed E-state index contributed by atoms with van der Waals surface area (Å²) in [5, 5.41) is 2.87. The van der Waals surface area contributed by atoms with Crippen LogP contribution in [0.15, 0.2) is 82.2 Å². The van der Waals surface area contributed by atoms with Gasteiger partial charge in [0, 0.05) is 10.2 Å². The molecule has 0 aliphatic rings. The lowest BCUT2D eigenvalue weighted by Crippen LogP contribution is -2.31. The Labute approximate surface area is 202 Å². The Balaban J connectivity index is 1.54. The van der Waals surface area contributed by atoms with Crippen LogP contribution in [0.4, 0.5) is 5.69 Å². The van der Waals surface area contributed by atoms with Crippen LogP contribution in [0.1, 0.15) is 25.5 Å². The van der Waals surface area contributed by atoms with E-state index >= 15 is 0 Å². The molecule has 1 atom stereocenters. The lowest BCUT2D eigenvalue weighted by atomic mass is 10.1. The largest absolute Gasteiger partial charge is 0.494 e. The first kappa shape index (κ1) is 24.6. The number of hydrogen-bond donors (Lipinski definition) is 2. The number of amides is 1. The maximum absolute atomic E-state index is 12.6. The molecule has 3 rings (SSSR count). The Morgan fingerprint density at radius 2 is 1.61 bits per heavy atom. The van der Waals surface area contributed by atoms with Crippen LogP contribution in [-0.4, -0.2) is 27.5 Å². The Morgan fingerprint density at radius 3 is 2.24 bits per heavy atom. The fourth-order valence-electron chi connectivity index (χ4n) is 3.01. The summed E-state index contributed by atoms with van der Waals surface area (Å²) in [5.74, 6) is 0.772. The molecule has 0 saturated carbocycles. The molecule has 0 fully saturated rings. The van der Waals surface area contributed by atoms with Crippen LogP contribution in [0.25, 0.3) is 0 Å². The highest BCUT2D eigenvalue weighted by atomic mass is 79.9. The summed E-state index contributed by atoms with van der Waals surface area (Å²) >= 11 is 3.41. The molecule has 0 aromatic heterocycles. The van der Waals surface area contributed by atoms with E-state index in [0.29, 0.717) is 23.8 Å². The molecule has 7 nitrogen and oxygen atoms in total. The summed E-state index contributed by atoms with van der Waals surface area (Å²) in [5.41, 5.74) is 1.39. The maximum atomic E-state index is 12.6. The van der Waals surface area contributed by atoms with Crippen LogP contribution in [0.2, 0.25) is 0 Å². The van der Waals surface area contributed by atoms with Gasteiger partial charge in [-0.1, -0.05) is 28.1 Å². The van der Waals surface area contributed by atoms with Crippen molar-refractivity contribution in [3.63, 3.8) is 0 Å². The standard InChI is InChI=1S/C24H25BrN2O5S/c1-3-31-21-9-7-20(8-10-21)27-33(29,30)23-13-11-22(12-14-23)32-16-24(28)26-17(2)18-5-4-6-19(25)15-18/h4-15,17,27H,3,16H2,1-2H3,(H,26,28)/t17-/m1/s1. The Morgan fingerprint density at radius 1 is 0.970 bits per heavy atom. The van der Waals surface area contributed by atoms with Crippen LogP contribution < -0.4 is 19.5 Å². The molecule has 33 heavy (non-hydrogen) atoms. The van der Waals surface area contributed by atoms with Gasteiger partial charge in [-0.3, -0.25) is 9.52 Å². The molecule has 0 unspecified atom stereocenters. The van der Waals surface area contributed by atoms with Gasteiger partial charge in [0.15, 0.2) is 6.61 Å². The van der Waals surface area contributed by atoms with E-state index in [1.54, 1.807) is 24.3 Å². The molecule has 1 amide bonds. The number of anilines is 1. The fraction of sp³-hybridized carbons (Fsp3) is 0.208. The minimum Gasteiger partial charge on any atom is -0.494 e. The van der Waals surface area contributed by atoms with Crippen LogP contribution in [0.3, 0.4) is 0 Å². The summed E-state index contributed by atoms with van der Waals surface area (Å²) in [7, 11) is -3.77. The number of halogens is 1. The molecular weight excluding hydrogens is 508 g/mol. The maximum Gasteiger partial charge on any atom is 0.261 e. The van der Waals surface area contributed by atoms with E-state index < -0.39 is 10.0 Å². The van der Waals surface area contributed by atoms with Gasteiger partial charge in [0.1, 0.15) is 11.5 Å². The summed E-state index contributed by atoms with van der Waals surface area (Å²) in [4.78, 5) is 12.3. The third-order valence-electron chi connectivity index (χ3n) is 4.65. The normalized spacial score (nSPS) is 12.0. The molecule has 0 heterocycles. The number of nitrogens with one attached hydrogen (secondary N) is 2. The number of rotatable bonds is 10. The van der Waals surface area contributed by atoms with Crippen LogP contribution in [-0.2, 0) is 14.8 Å². The molecular formula is C24H25BrN2O5S. The molecule has 0 aliphatic heterocycles. The first-order chi connectivity index (χ1) is 15.8. The van der Waals surface area contributed by atoms with Gasteiger partial charge in [0.25, 0.3) is 15.9 Å². The van der Waals surface area contributed by atoms with Gasteiger partial charge < -0.3 is 14.8 Å². The van der Waals surface area contributed by atoms with E-state index in [-0.39, 0.29) is 23.5 Å². The molecule has 0 bridgehead atoms. The van der Waals surface area contributed by atoms with Gasteiger partial charge in [-0.2, -0.15) is 0 Å². The third-order valence-corrected chi connectivity index (χ3v) is 6.54. The SMILES string of the molecule is CCOc1ccc(NS(=O)(=O)c2ccc(OCC(=O)N[C@H](C)c3cccc(Br)c3)cc2)cc1. The van der Waals surface area contributed by atoms with Crippen molar-refractivity contribution < 1.29 is 22.7 Å². The third kappa shape index (κ3) is 7.23. The summed E-state index contributed by atoms with van der Waals surface area (Å²) < 4.78 is 39.6. The summed E-state index contributed by atoms with van der Waals surface area (Å²) in [6.45, 7) is 4.11. The first-order valence-corrected chi connectivity index (χ1v) is 12.6. The van der Waals surface area contributed by atoms with E-state index in [1.807, 2.05) is 38.1 Å². The minimum absolute atomic E-state index is 0.0801. The Bertz CT molecular complexity index is 1180. The molecule has 0 saturated heterocycles. The molecule has 3 aromatic carbocycles. The summed E-state index contributed by atoms with van der Waals surface area (Å²) in [6.07, 6.45) is 0. The van der Waals surface area contributed by atoms with Crippen molar-refractivity contribution in [3.8, 4) is 11.5 Å². The first-order valence-electron chi connectivity index (χ1n) is 10.3. The molecule has 0 aliphatic carbocycles. The molecule has 0 spiro atoms. The number of hydrogen-bond acceptors (Lipinski definition) is 5. The minimum atomic E-state index is -3.77. The topological polar surface area (TPSA) is 93.7 Å². The summed E-state index contributed by atoms with van der Waals surface area (Å²) in [6, 6.07) is 20.0. The van der Waals surface area contributed by atoms with Crippen molar-refractivity contribution in [2.24, 2.45) is 0 Å². The van der Waals surface area contributed by atoms with E-state index in [9.17, 15) is 13.2 Å². The second-order valence-electron chi connectivity index (χ2n) is 7.17. The van der Waals surface area contributed by atoms with Gasteiger partial charge in [-0.25, -0.2) is 8.42 Å². The predicted octanol–water partition coefficient (Wildman–Crippen LogP) is 4.90. The quantitative estimate of drug-likeness (QED) is 0.387. The van der Waals surface area contributed by atoms with Crippen molar-refractivity contribution in [2.45, 2.75) is 24.8 Å². The average molecular weight is 533 g/mol. The number of sulfonamides is 1. The van der Waals surface area contributed by atoms with Crippen molar-refractivity contribution in [3.05, 3.63) is 82.8 Å². The van der Waals surface area contributed by atoms with Crippen LogP contribution in [0.5, 0.6) is 11.5 Å². The zero-order valence-electron chi connectivity index (χ0n) is 18.2. The smallest absolute Gasteiger partial charge is 0.261 e. The number of carbonyl (C=O) groups excluding carboxylic acids is 1. The molecule has 174 valence electrons. The molecule has 0 radical (unpaired) electrons. The predicted molar refractivity (Wildman–Crippen MR) is 131 cm³/mol. The van der Waals surface area contributed by atoms with Crippen LogP contribution >= 0.6 is 15.9 Å². The van der Waals surface area contributed by atoms with Gasteiger partial charge >= 0.3 is 0 Å². The molecule has 2 N–H and O–H groups in total. The van der Waals surface area contributed by atoms with Gasteiger partial charge in [-0.15, -0.1) is 0 Å². The van der Waals surface area contributed by atoms with Crippen molar-refractivity contribution in [1.29, 1.82) is 0 Å². The molecule has 9 heteroatoms. The van der Waals surface area contributed by atoms with Crippen molar-refractivity contribution in [1.82, 2.24) is 5.32 Å². The van der Waals surface area contributed by atoms with Crippen molar-refractivity contribution in [2.75, 3.05) is 17.9 Å². The zero-order valence-corrected chi connectivity index (χ0v) is 20.6. The van der Waals surface area contributed by atoms with E-state index in [0.717, 1.165) is 10.0 Å². The Kier molecular flexibility index (Phi) is 8.35. The monoisotopic (exact) mass is 532 g/mol. The fourth-order valence-corrected chi connectivity index (χ4v) is 4.48. The van der Waals surface area contributed by atoms with E-state index in [1.165, 1.54) is 24.3 Å². The van der Waals surface area contributed by atoms with Gasteiger partial charge in [0.2, 0.25) is 0 Å². The lowest BCUT2D eigenvalue weighted by Gasteiger charge is -2.15. The van der Waals surface area contributed by atoms with Gasteiger partial charge in [0.05, 0.1) is 17.5 Å². The number of benzene rings is 3. The van der Waals surface area contributed by atoms with Crippen LogP contribution in [0, 0.1) is 0 Å². The van der Waals surface area contributed by atoms with E-state index in [4.69, 9.17) is 9.47 Å². The molecule has 3 aromatic rings. The Hall–Kier alpha value is -3.04. The number of ether oxygens (including phenoxy) is 2. The highest BCUT2D eigenvalue weighted by molar-refractivity contribution is 9.10. The van der Waals surface area contributed by atoms with E-state index in [2.05, 4.69) is 26.0 Å². The van der Waals surface area contributed by atoms with Gasteiger partial charge in [-0.05, 0) is 80.1 Å². The second kappa shape index (κ2) is 11.2. The highest BCUT2D eigenvalue weighted by Crippen LogP contribution is 2.22. The number of carbonyl (C=O) groups is 1. The highest BCUT2D eigenvalue weighted by Gasteiger charge is 2.15. The van der Waals surface area contributed by atoms with Crippen molar-refractivity contribution >= 4 is 37.5 Å². The average Bonchev–Trinajstić information content (AvgIpc) is 2.79. The second-order valence-corrected chi connectivity index (χ2v) is 9.77. The zero-order chi connectivity index (χ0) is 23.8.